The van der Waals surface area contributed by atoms with Gasteiger partial charge in [0.1, 0.15) is 12.1 Å². The van der Waals surface area contributed by atoms with Crippen molar-refractivity contribution in [3.05, 3.63) is 82.2 Å². The minimum absolute atomic E-state index is 0.294. The summed E-state index contributed by atoms with van der Waals surface area (Å²) < 4.78 is 51.1. The maximum absolute atomic E-state index is 12.9. The second kappa shape index (κ2) is 20.4. The molecule has 0 saturated heterocycles. The minimum atomic E-state index is -1.88. The van der Waals surface area contributed by atoms with Gasteiger partial charge in [-0.05, 0) is 75.0 Å². The summed E-state index contributed by atoms with van der Waals surface area (Å²) in [7, 11) is 4.10. The molecule has 0 aliphatic heterocycles. The van der Waals surface area contributed by atoms with Crippen LogP contribution in [0, 0.1) is 42.0 Å². The molecule has 254 valence electrons. The minimum Gasteiger partial charge on any atom is -0.399 e. The smallest absolute Gasteiger partial charge is 0.197 e. The lowest BCUT2D eigenvalue weighted by Gasteiger charge is -2.25. The lowest BCUT2D eigenvalue weighted by atomic mass is 9.82. The van der Waals surface area contributed by atoms with Gasteiger partial charge in [-0.3, -0.25) is 0 Å². The number of nitrogens with zero attached hydrogens (tertiary/aromatic N) is 3. The third-order valence-corrected chi connectivity index (χ3v) is 7.66. The largest absolute Gasteiger partial charge is 0.399 e. The third-order valence-electron chi connectivity index (χ3n) is 7.66. The summed E-state index contributed by atoms with van der Waals surface area (Å²) >= 11 is 0. The summed E-state index contributed by atoms with van der Waals surface area (Å²) in [5.74, 6) is -4.33. The molecule has 0 saturated carbocycles. The molecule has 0 radical (unpaired) electrons. The number of aldehydes is 1. The lowest BCUT2D eigenvalue weighted by molar-refractivity contribution is -0.107. The van der Waals surface area contributed by atoms with Crippen molar-refractivity contribution in [2.45, 2.75) is 93.4 Å². The summed E-state index contributed by atoms with van der Waals surface area (Å²) in [4.78, 5) is 21.9. The Balaban J connectivity index is 0.000000494. The van der Waals surface area contributed by atoms with Crippen molar-refractivity contribution < 1.29 is 22.4 Å². The van der Waals surface area contributed by atoms with Gasteiger partial charge in [-0.25, -0.2) is 27.5 Å². The van der Waals surface area contributed by atoms with Crippen LogP contribution in [0.1, 0.15) is 90.5 Å². The van der Waals surface area contributed by atoms with Crippen LogP contribution >= 0.6 is 0 Å². The van der Waals surface area contributed by atoms with E-state index in [9.17, 15) is 22.4 Å². The van der Waals surface area contributed by atoms with Crippen LogP contribution in [0.5, 0.6) is 0 Å². The number of carbonyl (C=O) groups excluding carboxylic acids is 1. The standard InChI is InChI=1S/C24H34N4.C9H6F4O.2C2H6/c1-5-18-7-6-8-19(14-17(2)13-18)15-22-24(28(3)4)26-16-23(27-22)20-9-11-21(25)12-10-20;1-4-5(2-3-14)7(11)9(13)8(12)6(4)10;2*1-2/h7,9-12,16-17,19H,5-6,8,13-15,25H2,1-4H3;3H,2H2,1H3;2*1-2H3/b18-7+;;;. The van der Waals surface area contributed by atoms with E-state index >= 15 is 0 Å². The molecule has 3 aromatic rings. The van der Waals surface area contributed by atoms with Crippen LogP contribution in [0.15, 0.2) is 42.1 Å². The molecule has 0 fully saturated rings. The number of halogens is 4. The molecule has 0 spiro atoms. The molecule has 4 rings (SSSR count). The molecule has 2 unspecified atom stereocenters. The Morgan fingerprint density at radius 3 is 2.15 bits per heavy atom. The topological polar surface area (TPSA) is 72.1 Å². The van der Waals surface area contributed by atoms with E-state index in [2.05, 4.69) is 24.8 Å². The van der Waals surface area contributed by atoms with Gasteiger partial charge in [0.2, 0.25) is 0 Å². The number of anilines is 2. The van der Waals surface area contributed by atoms with E-state index in [0.29, 0.717) is 12.2 Å². The molecule has 1 aliphatic carbocycles. The SMILES string of the molecule is CC.CC.CC/C1=C\CCC(Cc2nc(-c3ccc(N)cc3)cnc2N(C)C)CC(C)C1.Cc1c(F)c(F)c(F)c(F)c1CC=O. The lowest BCUT2D eigenvalue weighted by Crippen LogP contribution is -2.18. The van der Waals surface area contributed by atoms with E-state index in [4.69, 9.17) is 15.7 Å². The highest BCUT2D eigenvalue weighted by Gasteiger charge is 2.23. The van der Waals surface area contributed by atoms with Crippen molar-refractivity contribution in [2.24, 2.45) is 11.8 Å². The quantitative estimate of drug-likeness (QED) is 0.0692. The van der Waals surface area contributed by atoms with Crippen LogP contribution < -0.4 is 10.6 Å². The average Bonchev–Trinajstić information content (AvgIpc) is 3.05. The Morgan fingerprint density at radius 2 is 1.59 bits per heavy atom. The fraction of sp³-hybridized carbons (Fsp3) is 0.486. The molecular weight excluding hydrogens is 592 g/mol. The second-order valence-electron chi connectivity index (χ2n) is 11.2. The Hall–Kier alpha value is -3.75. The summed E-state index contributed by atoms with van der Waals surface area (Å²) in [6, 6.07) is 7.89. The van der Waals surface area contributed by atoms with Gasteiger partial charge in [-0.1, -0.05) is 65.3 Å². The van der Waals surface area contributed by atoms with Crippen molar-refractivity contribution in [3.63, 3.8) is 0 Å². The number of benzene rings is 2. The van der Waals surface area contributed by atoms with Gasteiger partial charge < -0.3 is 15.4 Å². The fourth-order valence-corrected chi connectivity index (χ4v) is 5.41. The Bertz CT molecular complexity index is 1380. The number of nitrogens with two attached hydrogens (primary N) is 1. The van der Waals surface area contributed by atoms with E-state index in [-0.39, 0.29) is 5.56 Å². The van der Waals surface area contributed by atoms with E-state index in [1.807, 2.05) is 72.3 Å². The van der Waals surface area contributed by atoms with Crippen molar-refractivity contribution in [1.82, 2.24) is 9.97 Å². The number of hydrogen-bond donors (Lipinski definition) is 1. The summed E-state index contributed by atoms with van der Waals surface area (Å²) in [6.45, 7) is 13.8. The Kier molecular flexibility index (Phi) is 17.9. The second-order valence-corrected chi connectivity index (χ2v) is 11.2. The first-order valence-electron chi connectivity index (χ1n) is 16.3. The number of rotatable bonds is 7. The van der Waals surface area contributed by atoms with Crippen LogP contribution in [0.25, 0.3) is 11.3 Å². The van der Waals surface area contributed by atoms with Crippen molar-refractivity contribution in [1.29, 1.82) is 0 Å². The first-order valence-corrected chi connectivity index (χ1v) is 16.3. The van der Waals surface area contributed by atoms with E-state index in [1.54, 1.807) is 5.57 Å². The van der Waals surface area contributed by atoms with E-state index in [1.165, 1.54) is 32.1 Å². The zero-order valence-electron chi connectivity index (χ0n) is 29.0. The number of nitrogen functional groups attached to an aromatic ring is 1. The molecule has 2 N–H and O–H groups in total. The molecule has 46 heavy (non-hydrogen) atoms. The molecule has 0 amide bonds. The number of aromatic nitrogens is 2. The van der Waals surface area contributed by atoms with Gasteiger partial charge in [0.25, 0.3) is 0 Å². The number of carbonyl (C=O) groups is 1. The highest BCUT2D eigenvalue weighted by atomic mass is 19.2. The monoisotopic (exact) mass is 644 g/mol. The van der Waals surface area contributed by atoms with Crippen molar-refractivity contribution in [3.8, 4) is 11.3 Å². The van der Waals surface area contributed by atoms with Gasteiger partial charge in [0, 0.05) is 37.3 Å². The molecule has 5 nitrogen and oxygen atoms in total. The molecule has 1 heterocycles. The maximum atomic E-state index is 12.9. The van der Waals surface area contributed by atoms with Crippen molar-refractivity contribution >= 4 is 17.8 Å². The fourth-order valence-electron chi connectivity index (χ4n) is 5.41. The predicted octanol–water partition coefficient (Wildman–Crippen LogP) is 9.84. The van der Waals surface area contributed by atoms with Crippen LogP contribution in [0.2, 0.25) is 0 Å². The maximum Gasteiger partial charge on any atom is 0.197 e. The number of hydrogen-bond acceptors (Lipinski definition) is 5. The molecule has 9 heteroatoms. The summed E-state index contributed by atoms with van der Waals surface area (Å²) in [6.07, 6.45) is 11.3. The van der Waals surface area contributed by atoms with Crippen LogP contribution in [0.3, 0.4) is 0 Å². The third kappa shape index (κ3) is 11.2. The summed E-state index contributed by atoms with van der Waals surface area (Å²) in [5, 5.41) is 0. The molecule has 0 bridgehead atoms. The van der Waals surface area contributed by atoms with Gasteiger partial charge in [-0.15, -0.1) is 0 Å². The first-order chi connectivity index (χ1) is 22.0. The van der Waals surface area contributed by atoms with Crippen LogP contribution in [-0.4, -0.2) is 30.3 Å². The Labute approximate surface area is 273 Å². The molecular formula is C37H52F4N4O. The van der Waals surface area contributed by atoms with E-state index < -0.39 is 35.3 Å². The van der Waals surface area contributed by atoms with Crippen LogP contribution in [-0.2, 0) is 17.6 Å². The molecule has 1 aromatic heterocycles. The Morgan fingerprint density at radius 1 is 0.978 bits per heavy atom. The molecule has 2 aromatic carbocycles. The zero-order valence-corrected chi connectivity index (χ0v) is 29.0. The highest BCUT2D eigenvalue weighted by molar-refractivity contribution is 5.62. The predicted molar refractivity (Wildman–Crippen MR) is 183 cm³/mol. The van der Waals surface area contributed by atoms with Crippen molar-refractivity contribution in [2.75, 3.05) is 24.7 Å². The zero-order chi connectivity index (χ0) is 35.0. The normalized spacial score (nSPS) is 16.8. The number of allylic oxidation sites excluding steroid dienone is 2. The van der Waals surface area contributed by atoms with Gasteiger partial charge in [0.05, 0.1) is 17.6 Å². The van der Waals surface area contributed by atoms with Crippen LogP contribution in [0.4, 0.5) is 29.1 Å². The highest BCUT2D eigenvalue weighted by Crippen LogP contribution is 2.32. The average molecular weight is 645 g/mol. The van der Waals surface area contributed by atoms with Gasteiger partial charge in [-0.2, -0.15) is 0 Å². The molecule has 1 aliphatic rings. The molecule has 2 atom stereocenters. The van der Waals surface area contributed by atoms with Gasteiger partial charge in [0.15, 0.2) is 23.3 Å². The summed E-state index contributed by atoms with van der Waals surface area (Å²) in [5.41, 5.74) is 10.5. The van der Waals surface area contributed by atoms with E-state index in [0.717, 1.165) is 47.7 Å². The first kappa shape index (κ1) is 40.3. The van der Waals surface area contributed by atoms with Gasteiger partial charge >= 0.3 is 0 Å².